The van der Waals surface area contributed by atoms with Crippen LogP contribution >= 0.6 is 0 Å². The van der Waals surface area contributed by atoms with Crippen LogP contribution < -0.4 is 4.90 Å². The first-order valence-electron chi connectivity index (χ1n) is 5.42. The van der Waals surface area contributed by atoms with Gasteiger partial charge in [-0.15, -0.1) is 0 Å². The number of rotatable bonds is 2. The number of benzene rings is 1. The van der Waals surface area contributed by atoms with Crippen molar-refractivity contribution in [3.05, 3.63) is 23.8 Å². The molecular formula is C12H16N2O2. The van der Waals surface area contributed by atoms with Crippen LogP contribution in [0.4, 0.5) is 5.69 Å². The number of carbonyl (C=O) groups is 1. The van der Waals surface area contributed by atoms with E-state index in [-0.39, 0.29) is 5.75 Å². The minimum absolute atomic E-state index is 0.189. The fraction of sp³-hybridized carbons (Fsp3) is 0.417. The maximum Gasteiger partial charge on any atom is 0.150 e. The molecule has 0 bridgehead atoms. The molecule has 0 spiro atoms. The number of phenolic OH excluding ortho intramolecular Hbond substituents is 1. The van der Waals surface area contributed by atoms with Gasteiger partial charge in [0.1, 0.15) is 12.0 Å². The molecule has 1 fully saturated rings. The Bertz CT molecular complexity index is 385. The maximum absolute atomic E-state index is 10.6. The fourth-order valence-corrected chi connectivity index (χ4v) is 1.93. The molecule has 0 aliphatic carbocycles. The number of piperazine rings is 1. The quantitative estimate of drug-likeness (QED) is 0.754. The van der Waals surface area contributed by atoms with Gasteiger partial charge in [-0.05, 0) is 25.2 Å². The van der Waals surface area contributed by atoms with Crippen LogP contribution in [0, 0.1) is 0 Å². The first kappa shape index (κ1) is 11.0. The Labute approximate surface area is 95.1 Å². The molecule has 0 saturated carbocycles. The summed E-state index contributed by atoms with van der Waals surface area (Å²) in [7, 11) is 2.09. The molecule has 0 unspecified atom stereocenters. The van der Waals surface area contributed by atoms with Crippen LogP contribution in [0.25, 0.3) is 0 Å². The summed E-state index contributed by atoms with van der Waals surface area (Å²) in [6.07, 6.45) is 0.744. The van der Waals surface area contributed by atoms with Crippen LogP contribution in [0.5, 0.6) is 5.75 Å². The smallest absolute Gasteiger partial charge is 0.150 e. The van der Waals surface area contributed by atoms with Crippen molar-refractivity contribution < 1.29 is 9.90 Å². The van der Waals surface area contributed by atoms with Crippen LogP contribution in [-0.2, 0) is 0 Å². The predicted octanol–water partition coefficient (Wildman–Crippen LogP) is 0.956. The molecule has 86 valence electrons. The van der Waals surface area contributed by atoms with Crippen LogP contribution in [0.1, 0.15) is 10.4 Å². The van der Waals surface area contributed by atoms with E-state index < -0.39 is 0 Å². The van der Waals surface area contributed by atoms with E-state index in [1.807, 2.05) is 6.07 Å². The second kappa shape index (κ2) is 4.53. The van der Waals surface area contributed by atoms with E-state index in [2.05, 4.69) is 16.8 Å². The second-order valence-corrected chi connectivity index (χ2v) is 4.16. The number of aldehydes is 1. The number of likely N-dealkylation sites (N-methyl/N-ethyl adjacent to an activating group) is 1. The summed E-state index contributed by atoms with van der Waals surface area (Å²) in [6.45, 7) is 3.80. The molecule has 1 aromatic rings. The fourth-order valence-electron chi connectivity index (χ4n) is 1.93. The Morgan fingerprint density at radius 2 is 1.94 bits per heavy atom. The Kier molecular flexibility index (Phi) is 3.10. The second-order valence-electron chi connectivity index (χ2n) is 4.16. The van der Waals surface area contributed by atoms with Gasteiger partial charge in [0.15, 0.2) is 0 Å². The number of aromatic hydroxyl groups is 1. The summed E-state index contributed by atoms with van der Waals surface area (Å²) >= 11 is 0. The van der Waals surface area contributed by atoms with Crippen molar-refractivity contribution in [3.63, 3.8) is 0 Å². The van der Waals surface area contributed by atoms with Crippen LogP contribution in [0.2, 0.25) is 0 Å². The molecular weight excluding hydrogens is 204 g/mol. The lowest BCUT2D eigenvalue weighted by Crippen LogP contribution is -2.44. The zero-order chi connectivity index (χ0) is 11.5. The summed E-state index contributed by atoms with van der Waals surface area (Å²) in [5.74, 6) is 0.189. The monoisotopic (exact) mass is 220 g/mol. The standard InChI is InChI=1S/C12H16N2O2/c1-13-4-6-14(7-5-13)11-3-2-10(9-15)8-12(11)16/h2-3,8-9,16H,4-7H2,1H3. The third kappa shape index (κ3) is 2.17. The highest BCUT2D eigenvalue weighted by molar-refractivity contribution is 5.78. The van der Waals surface area contributed by atoms with Gasteiger partial charge in [0.05, 0.1) is 5.69 Å². The molecule has 0 radical (unpaired) electrons. The molecule has 1 N–H and O–H groups in total. The van der Waals surface area contributed by atoms with Crippen LogP contribution in [-0.4, -0.2) is 49.5 Å². The molecule has 1 aromatic carbocycles. The Morgan fingerprint density at radius 3 is 2.50 bits per heavy atom. The number of carbonyl (C=O) groups excluding carboxylic acids is 1. The maximum atomic E-state index is 10.6. The Hall–Kier alpha value is -1.55. The summed E-state index contributed by atoms with van der Waals surface area (Å²) in [6, 6.07) is 5.06. The first-order valence-corrected chi connectivity index (χ1v) is 5.42. The summed E-state index contributed by atoms with van der Waals surface area (Å²) < 4.78 is 0. The van der Waals surface area contributed by atoms with E-state index in [0.717, 1.165) is 38.2 Å². The van der Waals surface area contributed by atoms with Crippen molar-refractivity contribution in [2.45, 2.75) is 0 Å². The Morgan fingerprint density at radius 1 is 1.25 bits per heavy atom. The highest BCUT2D eigenvalue weighted by Crippen LogP contribution is 2.28. The average Bonchev–Trinajstić information content (AvgIpc) is 2.30. The minimum atomic E-state index is 0.189. The van der Waals surface area contributed by atoms with E-state index in [1.165, 1.54) is 6.07 Å². The van der Waals surface area contributed by atoms with Gasteiger partial charge in [-0.1, -0.05) is 0 Å². The SMILES string of the molecule is CN1CCN(c2ccc(C=O)cc2O)CC1. The van der Waals surface area contributed by atoms with E-state index in [0.29, 0.717) is 5.56 Å². The normalized spacial score (nSPS) is 17.4. The van der Waals surface area contributed by atoms with Gasteiger partial charge in [-0.3, -0.25) is 4.79 Å². The molecule has 0 aromatic heterocycles. The van der Waals surface area contributed by atoms with Crippen molar-refractivity contribution >= 4 is 12.0 Å². The van der Waals surface area contributed by atoms with Crippen molar-refractivity contribution in [3.8, 4) is 5.75 Å². The number of anilines is 1. The van der Waals surface area contributed by atoms with Crippen molar-refractivity contribution in [2.75, 3.05) is 38.1 Å². The number of nitrogens with zero attached hydrogens (tertiary/aromatic N) is 2. The number of hydrogen-bond acceptors (Lipinski definition) is 4. The summed E-state index contributed by atoms with van der Waals surface area (Å²) in [5, 5.41) is 9.83. The Balaban J connectivity index is 2.17. The molecule has 1 aliphatic rings. The van der Waals surface area contributed by atoms with Crippen LogP contribution in [0.15, 0.2) is 18.2 Å². The predicted molar refractivity (Wildman–Crippen MR) is 63.2 cm³/mol. The van der Waals surface area contributed by atoms with Crippen molar-refractivity contribution in [1.29, 1.82) is 0 Å². The van der Waals surface area contributed by atoms with Crippen LogP contribution in [0.3, 0.4) is 0 Å². The van der Waals surface area contributed by atoms with E-state index in [1.54, 1.807) is 6.07 Å². The first-order chi connectivity index (χ1) is 7.70. The van der Waals surface area contributed by atoms with Gasteiger partial charge < -0.3 is 14.9 Å². The molecule has 4 heteroatoms. The highest BCUT2D eigenvalue weighted by Gasteiger charge is 2.16. The van der Waals surface area contributed by atoms with Gasteiger partial charge >= 0.3 is 0 Å². The molecule has 0 atom stereocenters. The highest BCUT2D eigenvalue weighted by atomic mass is 16.3. The topological polar surface area (TPSA) is 43.8 Å². The minimum Gasteiger partial charge on any atom is -0.506 e. The zero-order valence-corrected chi connectivity index (χ0v) is 9.39. The molecule has 0 amide bonds. The van der Waals surface area contributed by atoms with Gasteiger partial charge in [0.25, 0.3) is 0 Å². The molecule has 1 heterocycles. The van der Waals surface area contributed by atoms with Crippen molar-refractivity contribution in [1.82, 2.24) is 4.90 Å². The number of hydrogen-bond donors (Lipinski definition) is 1. The summed E-state index contributed by atoms with van der Waals surface area (Å²) in [5.41, 5.74) is 1.33. The molecule has 2 rings (SSSR count). The molecule has 1 aliphatic heterocycles. The van der Waals surface area contributed by atoms with E-state index in [9.17, 15) is 9.90 Å². The lowest BCUT2D eigenvalue weighted by Gasteiger charge is -2.34. The molecule has 4 nitrogen and oxygen atoms in total. The van der Waals surface area contributed by atoms with Gasteiger partial charge in [0, 0.05) is 31.7 Å². The third-order valence-corrected chi connectivity index (χ3v) is 2.98. The van der Waals surface area contributed by atoms with E-state index >= 15 is 0 Å². The van der Waals surface area contributed by atoms with Crippen molar-refractivity contribution in [2.24, 2.45) is 0 Å². The number of phenols is 1. The largest absolute Gasteiger partial charge is 0.506 e. The zero-order valence-electron chi connectivity index (χ0n) is 9.39. The summed E-state index contributed by atoms with van der Waals surface area (Å²) in [4.78, 5) is 15.0. The molecule has 1 saturated heterocycles. The van der Waals surface area contributed by atoms with Gasteiger partial charge in [-0.25, -0.2) is 0 Å². The van der Waals surface area contributed by atoms with Gasteiger partial charge in [-0.2, -0.15) is 0 Å². The molecule has 16 heavy (non-hydrogen) atoms. The third-order valence-electron chi connectivity index (χ3n) is 2.98. The lowest BCUT2D eigenvalue weighted by molar-refractivity contribution is 0.112. The average molecular weight is 220 g/mol. The van der Waals surface area contributed by atoms with Gasteiger partial charge in [0.2, 0.25) is 0 Å². The van der Waals surface area contributed by atoms with E-state index in [4.69, 9.17) is 0 Å². The lowest BCUT2D eigenvalue weighted by atomic mass is 10.1.